The number of carbonyl (C=O) groups excluding carboxylic acids is 3. The van der Waals surface area contributed by atoms with Gasteiger partial charge in [0.2, 0.25) is 15.9 Å². The summed E-state index contributed by atoms with van der Waals surface area (Å²) in [6.07, 6.45) is 0.477. The molecule has 0 aliphatic heterocycles. The van der Waals surface area contributed by atoms with Crippen molar-refractivity contribution in [2.75, 3.05) is 18.9 Å². The summed E-state index contributed by atoms with van der Waals surface area (Å²) in [5.41, 5.74) is 2.58. The molecule has 0 saturated heterocycles. The molecule has 0 fully saturated rings. The molecule has 7 nitrogen and oxygen atoms in total. The van der Waals surface area contributed by atoms with E-state index < -0.39 is 10.0 Å². The molecular weight excluding hydrogens is 452 g/mol. The zero-order valence-corrected chi connectivity index (χ0v) is 19.7. The lowest BCUT2D eigenvalue weighted by molar-refractivity contribution is -0.116. The van der Waals surface area contributed by atoms with Crippen LogP contribution in [0.4, 0.5) is 5.69 Å². The highest BCUT2D eigenvalue weighted by Gasteiger charge is 2.31. The Balaban J connectivity index is 1.44. The molecule has 34 heavy (non-hydrogen) atoms. The van der Waals surface area contributed by atoms with Crippen molar-refractivity contribution in [1.82, 2.24) is 4.31 Å². The lowest BCUT2D eigenvalue weighted by Gasteiger charge is -2.20. The monoisotopic (exact) mass is 476 g/mol. The highest BCUT2D eigenvalue weighted by atomic mass is 32.2. The predicted molar refractivity (Wildman–Crippen MR) is 129 cm³/mol. The van der Waals surface area contributed by atoms with Gasteiger partial charge in [-0.3, -0.25) is 14.4 Å². The molecule has 0 radical (unpaired) electrons. The number of aryl methyl sites for hydroxylation is 1. The molecule has 0 saturated carbocycles. The van der Waals surface area contributed by atoms with E-state index in [1.165, 1.54) is 25.2 Å². The van der Waals surface area contributed by atoms with Gasteiger partial charge in [-0.05, 0) is 49.2 Å². The number of benzene rings is 3. The van der Waals surface area contributed by atoms with E-state index in [1.807, 2.05) is 25.1 Å². The van der Waals surface area contributed by atoms with Crippen molar-refractivity contribution in [2.45, 2.75) is 24.7 Å². The fraction of sp³-hybridized carbons (Fsp3) is 0.192. The minimum atomic E-state index is -3.92. The van der Waals surface area contributed by atoms with Crippen molar-refractivity contribution < 1.29 is 22.8 Å². The molecule has 3 aromatic rings. The van der Waals surface area contributed by atoms with E-state index >= 15 is 0 Å². The Morgan fingerprint density at radius 3 is 2.18 bits per heavy atom. The number of nitrogens with zero attached hydrogens (tertiary/aromatic N) is 1. The maximum absolute atomic E-state index is 13.1. The predicted octanol–water partition coefficient (Wildman–Crippen LogP) is 3.81. The summed E-state index contributed by atoms with van der Waals surface area (Å²) in [7, 11) is -2.49. The Labute approximate surface area is 198 Å². The number of hydrogen-bond donors (Lipinski definition) is 1. The van der Waals surface area contributed by atoms with E-state index in [1.54, 1.807) is 30.3 Å². The van der Waals surface area contributed by atoms with E-state index in [2.05, 4.69) is 5.32 Å². The Hall–Kier alpha value is -3.62. The van der Waals surface area contributed by atoms with Crippen LogP contribution >= 0.6 is 0 Å². The van der Waals surface area contributed by atoms with Crippen molar-refractivity contribution in [3.63, 3.8) is 0 Å². The second-order valence-electron chi connectivity index (χ2n) is 8.26. The van der Waals surface area contributed by atoms with Crippen molar-refractivity contribution >= 4 is 33.2 Å². The van der Waals surface area contributed by atoms with E-state index in [9.17, 15) is 22.8 Å². The maximum Gasteiger partial charge on any atom is 0.242 e. The summed E-state index contributed by atoms with van der Waals surface area (Å²) in [4.78, 5) is 37.8. The van der Waals surface area contributed by atoms with Gasteiger partial charge in [-0.2, -0.15) is 0 Å². The summed E-state index contributed by atoms with van der Waals surface area (Å²) in [6.45, 7) is 2.05. The molecule has 0 aromatic heterocycles. The number of amides is 1. The minimum Gasteiger partial charge on any atom is -0.326 e. The van der Waals surface area contributed by atoms with E-state index in [4.69, 9.17) is 0 Å². The van der Waals surface area contributed by atoms with E-state index in [0.717, 1.165) is 9.87 Å². The number of hydrogen-bond acceptors (Lipinski definition) is 5. The number of fused-ring (bicyclic) bond motifs is 2. The summed E-state index contributed by atoms with van der Waals surface area (Å²) in [5.74, 6) is -0.882. The van der Waals surface area contributed by atoms with Gasteiger partial charge >= 0.3 is 0 Å². The third kappa shape index (κ3) is 4.55. The quantitative estimate of drug-likeness (QED) is 0.437. The van der Waals surface area contributed by atoms with Crippen molar-refractivity contribution in [1.29, 1.82) is 0 Å². The molecule has 0 spiro atoms. The molecule has 174 valence electrons. The van der Waals surface area contributed by atoms with Crippen LogP contribution < -0.4 is 5.32 Å². The molecule has 1 amide bonds. The van der Waals surface area contributed by atoms with Gasteiger partial charge in [-0.15, -0.1) is 0 Å². The van der Waals surface area contributed by atoms with Crippen LogP contribution in [0.25, 0.3) is 0 Å². The summed E-state index contributed by atoms with van der Waals surface area (Å²) in [5, 5.41) is 2.80. The first kappa shape index (κ1) is 23.5. The van der Waals surface area contributed by atoms with Crippen molar-refractivity contribution in [3.05, 3.63) is 94.5 Å². The third-order valence-corrected chi connectivity index (χ3v) is 7.64. The van der Waals surface area contributed by atoms with Crippen LogP contribution in [0, 0.1) is 6.92 Å². The van der Waals surface area contributed by atoms with Gasteiger partial charge in [0.1, 0.15) is 0 Å². The largest absolute Gasteiger partial charge is 0.326 e. The number of sulfonamides is 1. The molecule has 1 aliphatic rings. The first-order chi connectivity index (χ1) is 16.2. The van der Waals surface area contributed by atoms with Gasteiger partial charge in [0.05, 0.1) is 4.90 Å². The van der Waals surface area contributed by atoms with Crippen LogP contribution in [0.2, 0.25) is 0 Å². The summed E-state index contributed by atoms with van der Waals surface area (Å²) < 4.78 is 27.3. The number of rotatable bonds is 7. The molecule has 0 bridgehead atoms. The van der Waals surface area contributed by atoms with Gasteiger partial charge in [0, 0.05) is 48.0 Å². The number of carbonyl (C=O) groups is 3. The number of anilines is 1. The van der Waals surface area contributed by atoms with Crippen LogP contribution in [-0.2, 0) is 14.8 Å². The van der Waals surface area contributed by atoms with Gasteiger partial charge < -0.3 is 5.32 Å². The van der Waals surface area contributed by atoms with Crippen molar-refractivity contribution in [3.8, 4) is 0 Å². The Kier molecular flexibility index (Phi) is 6.45. The molecule has 1 N–H and O–H groups in total. The zero-order chi connectivity index (χ0) is 24.5. The Morgan fingerprint density at radius 1 is 0.853 bits per heavy atom. The SMILES string of the molecule is Cc1cccc(NC(=O)CCCN(C)S(=O)(=O)c2ccc3c(c2)C(=O)c2ccccc2C3=O)c1. The lowest BCUT2D eigenvalue weighted by atomic mass is 9.84. The highest BCUT2D eigenvalue weighted by molar-refractivity contribution is 7.89. The number of ketones is 2. The van der Waals surface area contributed by atoms with Gasteiger partial charge in [-0.25, -0.2) is 12.7 Å². The average Bonchev–Trinajstić information content (AvgIpc) is 2.82. The van der Waals surface area contributed by atoms with Crippen LogP contribution in [0.5, 0.6) is 0 Å². The molecule has 1 aliphatic carbocycles. The Bertz CT molecular complexity index is 1410. The van der Waals surface area contributed by atoms with Gasteiger partial charge in [-0.1, -0.05) is 36.4 Å². The van der Waals surface area contributed by atoms with Crippen molar-refractivity contribution in [2.24, 2.45) is 0 Å². The van der Waals surface area contributed by atoms with E-state index in [-0.39, 0.29) is 52.0 Å². The first-order valence-electron chi connectivity index (χ1n) is 10.8. The van der Waals surface area contributed by atoms with Crippen LogP contribution in [0.1, 0.15) is 50.2 Å². The lowest BCUT2D eigenvalue weighted by Crippen LogP contribution is -2.29. The molecule has 8 heteroatoms. The second kappa shape index (κ2) is 9.32. The summed E-state index contributed by atoms with van der Waals surface area (Å²) >= 11 is 0. The number of nitrogens with one attached hydrogen (secondary N) is 1. The second-order valence-corrected chi connectivity index (χ2v) is 10.3. The van der Waals surface area contributed by atoms with Gasteiger partial charge in [0.15, 0.2) is 11.6 Å². The molecular formula is C26H24N2O5S. The smallest absolute Gasteiger partial charge is 0.242 e. The fourth-order valence-electron chi connectivity index (χ4n) is 3.95. The van der Waals surface area contributed by atoms with Crippen LogP contribution in [0.15, 0.2) is 71.6 Å². The third-order valence-electron chi connectivity index (χ3n) is 5.78. The average molecular weight is 477 g/mol. The van der Waals surface area contributed by atoms with E-state index in [0.29, 0.717) is 17.7 Å². The normalized spacial score (nSPS) is 12.9. The van der Waals surface area contributed by atoms with Crippen LogP contribution in [0.3, 0.4) is 0 Å². The minimum absolute atomic E-state index is 0.0708. The maximum atomic E-state index is 13.1. The molecule has 4 rings (SSSR count). The molecule has 0 atom stereocenters. The fourth-order valence-corrected chi connectivity index (χ4v) is 5.18. The summed E-state index contributed by atoms with van der Waals surface area (Å²) in [6, 6.07) is 17.9. The molecule has 0 unspecified atom stereocenters. The van der Waals surface area contributed by atoms with Crippen LogP contribution in [-0.4, -0.2) is 43.8 Å². The zero-order valence-electron chi connectivity index (χ0n) is 18.9. The Morgan fingerprint density at radius 2 is 1.50 bits per heavy atom. The molecule has 0 heterocycles. The van der Waals surface area contributed by atoms with Gasteiger partial charge in [0.25, 0.3) is 0 Å². The standard InChI is InChI=1S/C26H24N2O5S/c1-17-7-5-8-18(15-17)27-24(29)11-6-14-28(2)34(32,33)19-12-13-22-23(16-19)26(31)21-10-4-3-9-20(21)25(22)30/h3-5,7-10,12-13,15-16H,6,11,14H2,1-2H3,(H,27,29). The highest BCUT2D eigenvalue weighted by Crippen LogP contribution is 2.29. The topological polar surface area (TPSA) is 101 Å². The first-order valence-corrected chi connectivity index (χ1v) is 12.3. The molecule has 3 aromatic carbocycles.